The number of hydrogen-bond donors (Lipinski definition) is 1. The molecule has 3 radical (unpaired) electrons. The first-order valence-corrected chi connectivity index (χ1v) is 1.06. The van der Waals surface area contributed by atoms with Crippen LogP contribution in [0.5, 0.6) is 0 Å². The van der Waals surface area contributed by atoms with E-state index in [4.69, 9.17) is 11.6 Å². The second kappa shape index (κ2) is 24.2. The predicted molar refractivity (Wildman–Crippen MR) is 26.8 cm³/mol. The van der Waals surface area contributed by atoms with Crippen LogP contribution in [-0.2, 0) is 0 Å². The second-order valence-corrected chi connectivity index (χ2v) is 0.463. The van der Waals surface area contributed by atoms with Crippen molar-refractivity contribution in [2.45, 2.75) is 0 Å². The Balaban J connectivity index is -0.0000000200. The van der Waals surface area contributed by atoms with Crippen molar-refractivity contribution in [3.05, 3.63) is 12.1 Å². The molecule has 0 rings (SSSR count). The van der Waals surface area contributed by atoms with E-state index < -0.39 is 0 Å². The molecule has 3 N–H and O–H groups in total. The lowest BCUT2D eigenvalue weighted by molar-refractivity contribution is 2.13. The van der Waals surface area contributed by atoms with Crippen LogP contribution in [0.3, 0.4) is 0 Å². The van der Waals surface area contributed by atoms with E-state index in [1.165, 1.54) is 5.54 Å². The highest BCUT2D eigenvalue weighted by Crippen LogP contribution is 1.60. The molecule has 5 heavy (non-hydrogen) atoms. The zero-order valence-electron chi connectivity index (χ0n) is 2.95. The minimum Gasteiger partial charge on any atom is -0.344 e. The van der Waals surface area contributed by atoms with E-state index in [1.807, 2.05) is 0 Å². The molecule has 0 fully saturated rings. The molecule has 1 nitrogen and oxygen atoms in total. The second-order valence-electron chi connectivity index (χ2n) is 0.154. The molecule has 0 amide bonds. The van der Waals surface area contributed by atoms with Gasteiger partial charge in [-0.15, -0.1) is 0 Å². The van der Waals surface area contributed by atoms with Crippen molar-refractivity contribution < 1.29 is 0 Å². The number of rotatable bonds is 0. The van der Waals surface area contributed by atoms with Gasteiger partial charge in [-0.3, -0.25) is 0 Å². The van der Waals surface area contributed by atoms with Gasteiger partial charge in [-0.1, -0.05) is 18.2 Å². The Morgan fingerprint density at radius 3 is 1.60 bits per heavy atom. The summed E-state index contributed by atoms with van der Waals surface area (Å²) in [5.41, 5.74) is 1.22. The van der Waals surface area contributed by atoms with Crippen LogP contribution >= 0.6 is 11.6 Å². The van der Waals surface area contributed by atoms with Crippen LogP contribution < -0.4 is 6.15 Å². The topological polar surface area (TPSA) is 35.0 Å². The van der Waals surface area contributed by atoms with E-state index in [-0.39, 0.29) is 23.5 Å². The standard InChI is InChI=1S/C2H3Cl.Al.H3N/c1-2-3;;/h2H,1H2;;1H3. The van der Waals surface area contributed by atoms with Crippen LogP contribution in [-0.4, -0.2) is 17.4 Å². The smallest absolute Gasteiger partial charge is 0 e. The lowest BCUT2D eigenvalue weighted by Gasteiger charge is -1.27. The van der Waals surface area contributed by atoms with Gasteiger partial charge in [-0.25, -0.2) is 0 Å². The molecular formula is C2H6AlClN. The Morgan fingerprint density at radius 1 is 1.60 bits per heavy atom. The quantitative estimate of drug-likeness (QED) is 0.462. The van der Waals surface area contributed by atoms with Crippen molar-refractivity contribution >= 4 is 29.0 Å². The van der Waals surface area contributed by atoms with Crippen molar-refractivity contribution in [3.63, 3.8) is 0 Å². The van der Waals surface area contributed by atoms with Crippen molar-refractivity contribution in [2.75, 3.05) is 0 Å². The van der Waals surface area contributed by atoms with Crippen molar-refractivity contribution in [1.82, 2.24) is 6.15 Å². The van der Waals surface area contributed by atoms with Crippen molar-refractivity contribution in [1.29, 1.82) is 0 Å². The zero-order chi connectivity index (χ0) is 2.71. The Kier molecular flexibility index (Phi) is 85.9. The van der Waals surface area contributed by atoms with Crippen LogP contribution in [0.15, 0.2) is 12.1 Å². The van der Waals surface area contributed by atoms with E-state index in [0.29, 0.717) is 0 Å². The lowest BCUT2D eigenvalue weighted by atomic mass is 11.3. The van der Waals surface area contributed by atoms with Gasteiger partial charge < -0.3 is 6.15 Å². The monoisotopic (exact) mass is 106 g/mol. The Labute approximate surface area is 47.7 Å². The van der Waals surface area contributed by atoms with Crippen LogP contribution in [0.2, 0.25) is 0 Å². The van der Waals surface area contributed by atoms with Gasteiger partial charge in [0.1, 0.15) is 0 Å². The first-order valence-electron chi connectivity index (χ1n) is 0.626. The van der Waals surface area contributed by atoms with E-state index in [1.54, 1.807) is 0 Å². The molecule has 0 atom stereocenters. The van der Waals surface area contributed by atoms with Crippen LogP contribution in [0, 0.1) is 0 Å². The lowest BCUT2D eigenvalue weighted by Crippen LogP contribution is -0.926. The van der Waals surface area contributed by atoms with Gasteiger partial charge in [0.25, 0.3) is 0 Å². The molecule has 0 aliphatic carbocycles. The molecule has 0 aromatic carbocycles. The summed E-state index contributed by atoms with van der Waals surface area (Å²) in [4.78, 5) is 0. The largest absolute Gasteiger partial charge is 0.344 e. The molecule has 0 aromatic heterocycles. The summed E-state index contributed by atoms with van der Waals surface area (Å²) in [5, 5.41) is 0. The molecule has 0 aliphatic rings. The van der Waals surface area contributed by atoms with E-state index >= 15 is 0 Å². The van der Waals surface area contributed by atoms with Gasteiger partial charge in [0, 0.05) is 17.4 Å². The van der Waals surface area contributed by atoms with Gasteiger partial charge in [-0.05, 0) is 5.54 Å². The number of hydrogen-bond acceptors (Lipinski definition) is 1. The summed E-state index contributed by atoms with van der Waals surface area (Å²) in [7, 11) is 0. The van der Waals surface area contributed by atoms with Gasteiger partial charge in [0.2, 0.25) is 0 Å². The van der Waals surface area contributed by atoms with Gasteiger partial charge in [0.15, 0.2) is 0 Å². The minimum absolute atomic E-state index is 0. The number of halogens is 1. The molecule has 29 valence electrons. The Bertz CT molecular complexity index is 17.1. The summed E-state index contributed by atoms with van der Waals surface area (Å²) >= 11 is 4.76. The molecule has 0 aliphatic heterocycles. The summed E-state index contributed by atoms with van der Waals surface area (Å²) < 4.78 is 0. The molecule has 0 aromatic rings. The van der Waals surface area contributed by atoms with E-state index in [9.17, 15) is 0 Å². The highest BCUT2D eigenvalue weighted by Gasteiger charge is 1.18. The third-order valence-corrected chi connectivity index (χ3v) is 0. The van der Waals surface area contributed by atoms with Crippen LogP contribution in [0.4, 0.5) is 0 Å². The molecule has 0 saturated heterocycles. The summed E-state index contributed by atoms with van der Waals surface area (Å²) in [6.07, 6.45) is 0. The van der Waals surface area contributed by atoms with Crippen molar-refractivity contribution in [3.8, 4) is 0 Å². The fourth-order valence-electron chi connectivity index (χ4n) is 0. The Morgan fingerprint density at radius 2 is 1.60 bits per heavy atom. The predicted octanol–water partition coefficient (Wildman–Crippen LogP) is 1.15. The highest BCUT2D eigenvalue weighted by molar-refractivity contribution is 6.25. The first-order chi connectivity index (χ1) is 1.41. The molecule has 3 heteroatoms. The fraction of sp³-hybridized carbons (Fsp3) is 0. The molecule has 0 unspecified atom stereocenters. The maximum Gasteiger partial charge on any atom is 0 e. The van der Waals surface area contributed by atoms with Crippen LogP contribution in [0.25, 0.3) is 0 Å². The summed E-state index contributed by atoms with van der Waals surface area (Å²) in [6.45, 7) is 3.13. The summed E-state index contributed by atoms with van der Waals surface area (Å²) in [6, 6.07) is 0. The molecule has 0 spiro atoms. The fourth-order valence-corrected chi connectivity index (χ4v) is 0. The average molecular weight is 107 g/mol. The SMILES string of the molecule is C=CCl.N.[Al]. The van der Waals surface area contributed by atoms with Gasteiger partial charge in [0.05, 0.1) is 0 Å². The van der Waals surface area contributed by atoms with Crippen LogP contribution in [0.1, 0.15) is 0 Å². The zero-order valence-corrected chi connectivity index (χ0v) is 4.86. The van der Waals surface area contributed by atoms with Gasteiger partial charge in [-0.2, -0.15) is 0 Å². The maximum absolute atomic E-state index is 4.76. The normalized spacial score (nSPS) is 2.60. The molecule has 0 saturated carbocycles. The van der Waals surface area contributed by atoms with E-state index in [0.717, 1.165) is 0 Å². The third kappa shape index (κ3) is 105. The maximum atomic E-state index is 4.76. The van der Waals surface area contributed by atoms with E-state index in [2.05, 4.69) is 6.58 Å². The minimum atomic E-state index is 0. The Hall–Kier alpha value is 0.522. The molecular weight excluding hydrogens is 100 g/mol. The van der Waals surface area contributed by atoms with Gasteiger partial charge >= 0.3 is 0 Å². The highest BCUT2D eigenvalue weighted by atomic mass is 35.5. The summed E-state index contributed by atoms with van der Waals surface area (Å²) in [5.74, 6) is 0. The third-order valence-electron chi connectivity index (χ3n) is 0. The molecule has 0 heterocycles. The first kappa shape index (κ1) is 17.8. The average Bonchev–Trinajstić information content (AvgIpc) is 0.918. The molecule has 0 bridgehead atoms. The van der Waals surface area contributed by atoms with Crippen molar-refractivity contribution in [2.24, 2.45) is 0 Å².